The Morgan fingerprint density at radius 1 is 1.44 bits per heavy atom. The lowest BCUT2D eigenvalue weighted by atomic mass is 9.81. The molecule has 1 aromatic rings. The maximum atomic E-state index is 5.77. The molecule has 0 saturated heterocycles. The Hall–Kier alpha value is -0.580. The van der Waals surface area contributed by atoms with Crippen molar-refractivity contribution in [3.05, 3.63) is 28.2 Å². The van der Waals surface area contributed by atoms with Crippen molar-refractivity contribution in [3.8, 4) is 5.75 Å². The molecule has 18 heavy (non-hydrogen) atoms. The Balaban J connectivity index is 1.74. The molecule has 1 aliphatic rings. The van der Waals surface area contributed by atoms with Gasteiger partial charge in [-0.15, -0.1) is 0 Å². The SMILES string of the molecule is COc1ccc(Br)cc1CCNCC1CC(N)C1. The van der Waals surface area contributed by atoms with Crippen LogP contribution in [0, 0.1) is 5.92 Å². The highest BCUT2D eigenvalue weighted by Gasteiger charge is 2.24. The van der Waals surface area contributed by atoms with Gasteiger partial charge in [0.1, 0.15) is 5.75 Å². The molecule has 0 aromatic heterocycles. The number of hydrogen-bond donors (Lipinski definition) is 2. The maximum absolute atomic E-state index is 5.77. The second-order valence-corrected chi connectivity index (χ2v) is 5.92. The quantitative estimate of drug-likeness (QED) is 0.793. The molecule has 1 aliphatic carbocycles. The maximum Gasteiger partial charge on any atom is 0.122 e. The van der Waals surface area contributed by atoms with Gasteiger partial charge >= 0.3 is 0 Å². The highest BCUT2D eigenvalue weighted by molar-refractivity contribution is 9.10. The molecule has 0 aliphatic heterocycles. The molecule has 1 fully saturated rings. The van der Waals surface area contributed by atoms with Crippen molar-refractivity contribution < 1.29 is 4.74 Å². The number of hydrogen-bond acceptors (Lipinski definition) is 3. The summed E-state index contributed by atoms with van der Waals surface area (Å²) >= 11 is 3.49. The first-order valence-corrected chi connectivity index (χ1v) is 7.27. The van der Waals surface area contributed by atoms with Crippen LogP contribution in [0.5, 0.6) is 5.75 Å². The first kappa shape index (κ1) is 13.8. The molecule has 1 aromatic carbocycles. The standard InChI is InChI=1S/C14H21BrN2O/c1-18-14-3-2-12(15)8-11(14)4-5-17-9-10-6-13(16)7-10/h2-3,8,10,13,17H,4-7,9,16H2,1H3. The molecular formula is C14H21BrN2O. The summed E-state index contributed by atoms with van der Waals surface area (Å²) in [6.07, 6.45) is 3.34. The third-order valence-corrected chi connectivity index (χ3v) is 4.01. The highest BCUT2D eigenvalue weighted by Crippen LogP contribution is 2.25. The molecule has 0 heterocycles. The summed E-state index contributed by atoms with van der Waals surface area (Å²) in [7, 11) is 1.72. The molecule has 3 nitrogen and oxygen atoms in total. The lowest BCUT2D eigenvalue weighted by Gasteiger charge is -2.32. The molecule has 0 atom stereocenters. The average molecular weight is 313 g/mol. The van der Waals surface area contributed by atoms with Crippen LogP contribution in [0.4, 0.5) is 0 Å². The Morgan fingerprint density at radius 3 is 2.89 bits per heavy atom. The van der Waals surface area contributed by atoms with Crippen molar-refractivity contribution in [2.45, 2.75) is 25.3 Å². The molecule has 0 bridgehead atoms. The topological polar surface area (TPSA) is 47.3 Å². The van der Waals surface area contributed by atoms with E-state index in [1.165, 1.54) is 18.4 Å². The predicted octanol–water partition coefficient (Wildman–Crippen LogP) is 2.33. The predicted molar refractivity (Wildman–Crippen MR) is 78.0 cm³/mol. The second kappa shape index (κ2) is 6.55. The first-order valence-electron chi connectivity index (χ1n) is 6.47. The third-order valence-electron chi connectivity index (χ3n) is 3.52. The van der Waals surface area contributed by atoms with E-state index in [9.17, 15) is 0 Å². The van der Waals surface area contributed by atoms with E-state index >= 15 is 0 Å². The van der Waals surface area contributed by atoms with Crippen LogP contribution in [0.2, 0.25) is 0 Å². The smallest absolute Gasteiger partial charge is 0.122 e. The van der Waals surface area contributed by atoms with E-state index in [4.69, 9.17) is 10.5 Å². The van der Waals surface area contributed by atoms with Gasteiger partial charge in [-0.1, -0.05) is 15.9 Å². The molecule has 0 spiro atoms. The van der Waals surface area contributed by atoms with Gasteiger partial charge < -0.3 is 15.8 Å². The van der Waals surface area contributed by atoms with Gasteiger partial charge in [-0.2, -0.15) is 0 Å². The van der Waals surface area contributed by atoms with Crippen LogP contribution in [0.1, 0.15) is 18.4 Å². The summed E-state index contributed by atoms with van der Waals surface area (Å²) < 4.78 is 6.46. The zero-order chi connectivity index (χ0) is 13.0. The van der Waals surface area contributed by atoms with Gasteiger partial charge in [0.15, 0.2) is 0 Å². The summed E-state index contributed by atoms with van der Waals surface area (Å²) in [4.78, 5) is 0. The Bertz CT molecular complexity index is 391. The summed E-state index contributed by atoms with van der Waals surface area (Å²) in [6, 6.07) is 6.58. The molecular weight excluding hydrogens is 292 g/mol. The van der Waals surface area contributed by atoms with Crippen LogP contribution < -0.4 is 15.8 Å². The molecule has 0 amide bonds. The summed E-state index contributed by atoms with van der Waals surface area (Å²) in [5.74, 6) is 1.75. The van der Waals surface area contributed by atoms with Crippen molar-refractivity contribution in [2.75, 3.05) is 20.2 Å². The van der Waals surface area contributed by atoms with Gasteiger partial charge in [-0.05, 0) is 62.0 Å². The minimum Gasteiger partial charge on any atom is -0.496 e. The lowest BCUT2D eigenvalue weighted by Crippen LogP contribution is -2.41. The van der Waals surface area contributed by atoms with Gasteiger partial charge in [0.05, 0.1) is 7.11 Å². The molecule has 0 radical (unpaired) electrons. The number of nitrogens with one attached hydrogen (secondary N) is 1. The Morgan fingerprint density at radius 2 is 2.22 bits per heavy atom. The van der Waals surface area contributed by atoms with E-state index in [1.807, 2.05) is 12.1 Å². The monoisotopic (exact) mass is 312 g/mol. The fourth-order valence-corrected chi connectivity index (χ4v) is 2.83. The molecule has 1 saturated carbocycles. The fourth-order valence-electron chi connectivity index (χ4n) is 2.43. The van der Waals surface area contributed by atoms with Crippen LogP contribution >= 0.6 is 15.9 Å². The van der Waals surface area contributed by atoms with Gasteiger partial charge in [0.2, 0.25) is 0 Å². The van der Waals surface area contributed by atoms with Crippen LogP contribution in [-0.2, 0) is 6.42 Å². The van der Waals surface area contributed by atoms with Gasteiger partial charge in [0.25, 0.3) is 0 Å². The Labute approximate surface area is 117 Å². The molecule has 3 N–H and O–H groups in total. The van der Waals surface area contributed by atoms with E-state index in [2.05, 4.69) is 27.3 Å². The van der Waals surface area contributed by atoms with E-state index in [1.54, 1.807) is 7.11 Å². The largest absolute Gasteiger partial charge is 0.496 e. The van der Waals surface area contributed by atoms with Crippen molar-refractivity contribution in [2.24, 2.45) is 11.7 Å². The van der Waals surface area contributed by atoms with E-state index in [0.29, 0.717) is 6.04 Å². The number of halogens is 1. The van der Waals surface area contributed by atoms with Crippen LogP contribution in [-0.4, -0.2) is 26.2 Å². The van der Waals surface area contributed by atoms with Crippen molar-refractivity contribution in [1.29, 1.82) is 0 Å². The van der Waals surface area contributed by atoms with Crippen molar-refractivity contribution in [3.63, 3.8) is 0 Å². The van der Waals surface area contributed by atoms with Crippen molar-refractivity contribution >= 4 is 15.9 Å². The summed E-state index contributed by atoms with van der Waals surface area (Å²) in [5.41, 5.74) is 7.01. The van der Waals surface area contributed by atoms with E-state index in [0.717, 1.165) is 35.7 Å². The number of methoxy groups -OCH3 is 1. The van der Waals surface area contributed by atoms with Crippen LogP contribution in [0.3, 0.4) is 0 Å². The zero-order valence-corrected chi connectivity index (χ0v) is 12.4. The fraction of sp³-hybridized carbons (Fsp3) is 0.571. The molecule has 100 valence electrons. The minimum absolute atomic E-state index is 0.446. The van der Waals surface area contributed by atoms with Crippen molar-refractivity contribution in [1.82, 2.24) is 5.32 Å². The van der Waals surface area contributed by atoms with Gasteiger partial charge in [0, 0.05) is 10.5 Å². The molecule has 4 heteroatoms. The van der Waals surface area contributed by atoms with Gasteiger partial charge in [-0.25, -0.2) is 0 Å². The highest BCUT2D eigenvalue weighted by atomic mass is 79.9. The first-order chi connectivity index (χ1) is 8.69. The van der Waals surface area contributed by atoms with Crippen LogP contribution in [0.25, 0.3) is 0 Å². The summed E-state index contributed by atoms with van der Waals surface area (Å²) in [6.45, 7) is 2.07. The molecule has 2 rings (SSSR count). The second-order valence-electron chi connectivity index (χ2n) is 5.01. The van der Waals surface area contributed by atoms with E-state index in [-0.39, 0.29) is 0 Å². The van der Waals surface area contributed by atoms with Gasteiger partial charge in [-0.3, -0.25) is 0 Å². The zero-order valence-electron chi connectivity index (χ0n) is 10.8. The number of rotatable bonds is 6. The third kappa shape index (κ3) is 3.70. The Kier molecular flexibility index (Phi) is 5.03. The lowest BCUT2D eigenvalue weighted by molar-refractivity contribution is 0.257. The minimum atomic E-state index is 0.446. The molecule has 0 unspecified atom stereocenters. The number of nitrogens with two attached hydrogens (primary N) is 1. The number of ether oxygens (including phenoxy) is 1. The average Bonchev–Trinajstić information content (AvgIpc) is 2.32. The van der Waals surface area contributed by atoms with E-state index < -0.39 is 0 Å². The van der Waals surface area contributed by atoms with Crippen LogP contribution in [0.15, 0.2) is 22.7 Å². The summed E-state index contributed by atoms with van der Waals surface area (Å²) in [5, 5.41) is 3.50. The normalized spacial score (nSPS) is 22.6. The number of benzene rings is 1.